The van der Waals surface area contributed by atoms with Crippen LogP contribution in [0.1, 0.15) is 37.3 Å². The van der Waals surface area contributed by atoms with E-state index in [1.165, 1.54) is 25.7 Å². The van der Waals surface area contributed by atoms with Crippen molar-refractivity contribution in [2.24, 2.45) is 4.99 Å². The molecule has 1 aromatic rings. The van der Waals surface area contributed by atoms with Gasteiger partial charge < -0.3 is 0 Å². The molecule has 0 aliphatic heterocycles. The average Bonchev–Trinajstić information content (AvgIpc) is 2.72. The Labute approximate surface area is 82.9 Å². The Morgan fingerprint density at radius 2 is 2.21 bits per heavy atom. The highest BCUT2D eigenvalue weighted by atomic mass is 16.1. The summed E-state index contributed by atoms with van der Waals surface area (Å²) in [5.74, 6) is 0.489. The van der Waals surface area contributed by atoms with Crippen molar-refractivity contribution in [3.05, 3.63) is 24.0 Å². The second-order valence-corrected chi connectivity index (χ2v) is 3.59. The maximum Gasteiger partial charge on any atom is 0.240 e. The molecule has 14 heavy (non-hydrogen) atoms. The molecule has 0 saturated heterocycles. The van der Waals surface area contributed by atoms with E-state index in [4.69, 9.17) is 0 Å². The fourth-order valence-electron chi connectivity index (χ4n) is 2.07. The molecule has 0 unspecified atom stereocenters. The Kier molecular flexibility index (Phi) is 2.70. The Morgan fingerprint density at radius 1 is 1.43 bits per heavy atom. The van der Waals surface area contributed by atoms with Crippen molar-refractivity contribution < 1.29 is 4.79 Å². The van der Waals surface area contributed by atoms with Gasteiger partial charge in [-0.3, -0.25) is 4.98 Å². The fourth-order valence-corrected chi connectivity index (χ4v) is 2.07. The molecule has 0 radical (unpaired) electrons. The Balaban J connectivity index is 2.34. The number of hydrogen-bond acceptors (Lipinski definition) is 3. The van der Waals surface area contributed by atoms with Gasteiger partial charge in [-0.15, -0.1) is 0 Å². The van der Waals surface area contributed by atoms with Crippen LogP contribution in [0.3, 0.4) is 0 Å². The highest BCUT2D eigenvalue weighted by molar-refractivity contribution is 5.52. The molecule has 2 rings (SSSR count). The highest BCUT2D eigenvalue weighted by Crippen LogP contribution is 2.36. The Morgan fingerprint density at radius 3 is 2.93 bits per heavy atom. The summed E-state index contributed by atoms with van der Waals surface area (Å²) in [6.45, 7) is 0. The number of pyridine rings is 1. The zero-order chi connectivity index (χ0) is 9.80. The summed E-state index contributed by atoms with van der Waals surface area (Å²) >= 11 is 0. The van der Waals surface area contributed by atoms with Gasteiger partial charge in [0.2, 0.25) is 6.08 Å². The quantitative estimate of drug-likeness (QED) is 0.529. The van der Waals surface area contributed by atoms with Gasteiger partial charge in [-0.1, -0.05) is 12.8 Å². The summed E-state index contributed by atoms with van der Waals surface area (Å²) in [6.07, 6.45) is 8.19. The van der Waals surface area contributed by atoms with Gasteiger partial charge in [-0.25, -0.2) is 4.79 Å². The van der Waals surface area contributed by atoms with Crippen LogP contribution < -0.4 is 0 Å². The van der Waals surface area contributed by atoms with Gasteiger partial charge in [0, 0.05) is 12.1 Å². The average molecular weight is 188 g/mol. The molecule has 72 valence electrons. The molecule has 0 amide bonds. The smallest absolute Gasteiger partial charge is 0.240 e. The van der Waals surface area contributed by atoms with Gasteiger partial charge in [-0.2, -0.15) is 4.99 Å². The first kappa shape index (κ1) is 9.10. The van der Waals surface area contributed by atoms with E-state index in [2.05, 4.69) is 9.98 Å². The van der Waals surface area contributed by atoms with Gasteiger partial charge in [0.25, 0.3) is 0 Å². The van der Waals surface area contributed by atoms with Crippen molar-refractivity contribution in [2.75, 3.05) is 0 Å². The lowest BCUT2D eigenvalue weighted by molar-refractivity contribution is 0.565. The van der Waals surface area contributed by atoms with E-state index in [0.717, 1.165) is 5.69 Å². The maximum absolute atomic E-state index is 10.2. The molecule has 0 spiro atoms. The molecule has 1 heterocycles. The first-order valence-electron chi connectivity index (χ1n) is 4.94. The molecule has 1 aromatic heterocycles. The normalized spacial score (nSPS) is 16.6. The molecule has 1 aliphatic rings. The third-order valence-corrected chi connectivity index (χ3v) is 2.72. The second kappa shape index (κ2) is 4.16. The number of nitrogens with zero attached hydrogens (tertiary/aromatic N) is 2. The van der Waals surface area contributed by atoms with Crippen LogP contribution in [0.25, 0.3) is 0 Å². The van der Waals surface area contributed by atoms with E-state index in [1.54, 1.807) is 18.3 Å². The molecule has 0 atom stereocenters. The molecule has 1 saturated carbocycles. The first-order valence-corrected chi connectivity index (χ1v) is 4.94. The van der Waals surface area contributed by atoms with Crippen molar-refractivity contribution in [1.29, 1.82) is 0 Å². The van der Waals surface area contributed by atoms with Crippen LogP contribution in [0.5, 0.6) is 0 Å². The molecule has 0 bridgehead atoms. The SMILES string of the molecule is O=C=Nc1cccnc1C1CCCC1. The summed E-state index contributed by atoms with van der Waals surface area (Å²) in [4.78, 5) is 18.2. The summed E-state index contributed by atoms with van der Waals surface area (Å²) in [5.41, 5.74) is 1.66. The van der Waals surface area contributed by atoms with Gasteiger partial charge in [0.15, 0.2) is 0 Å². The molecular weight excluding hydrogens is 176 g/mol. The lowest BCUT2D eigenvalue weighted by Crippen LogP contribution is -1.95. The lowest BCUT2D eigenvalue weighted by atomic mass is 10.0. The van der Waals surface area contributed by atoms with Crippen LogP contribution in [0.2, 0.25) is 0 Å². The zero-order valence-electron chi connectivity index (χ0n) is 7.94. The van der Waals surface area contributed by atoms with Crippen molar-refractivity contribution in [1.82, 2.24) is 4.98 Å². The Hall–Kier alpha value is -1.47. The van der Waals surface area contributed by atoms with Crippen LogP contribution in [0, 0.1) is 0 Å². The topological polar surface area (TPSA) is 42.3 Å². The van der Waals surface area contributed by atoms with E-state index in [1.807, 2.05) is 6.07 Å². The minimum absolute atomic E-state index is 0.489. The molecule has 0 aromatic carbocycles. The van der Waals surface area contributed by atoms with Crippen molar-refractivity contribution in [2.45, 2.75) is 31.6 Å². The standard InChI is InChI=1S/C11H12N2O/c14-8-13-10-6-3-7-12-11(10)9-4-1-2-5-9/h3,6-7,9H,1-2,4-5H2. The summed E-state index contributed by atoms with van der Waals surface area (Å²) in [5, 5.41) is 0. The van der Waals surface area contributed by atoms with Crippen LogP contribution in [0.15, 0.2) is 23.3 Å². The monoisotopic (exact) mass is 188 g/mol. The minimum Gasteiger partial charge on any atom is -0.259 e. The number of aliphatic imine (C=N–C) groups is 1. The number of isocyanates is 1. The Bertz CT molecular complexity index is 363. The van der Waals surface area contributed by atoms with Crippen LogP contribution in [-0.4, -0.2) is 11.1 Å². The largest absolute Gasteiger partial charge is 0.259 e. The lowest BCUT2D eigenvalue weighted by Gasteiger charge is -2.09. The van der Waals surface area contributed by atoms with Crippen molar-refractivity contribution in [3.8, 4) is 0 Å². The molecule has 3 heteroatoms. The third kappa shape index (κ3) is 1.73. The fraction of sp³-hybridized carbons (Fsp3) is 0.455. The van der Waals surface area contributed by atoms with Crippen LogP contribution >= 0.6 is 0 Å². The van der Waals surface area contributed by atoms with Crippen LogP contribution in [-0.2, 0) is 4.79 Å². The van der Waals surface area contributed by atoms with E-state index < -0.39 is 0 Å². The molecule has 1 aliphatic carbocycles. The van der Waals surface area contributed by atoms with Crippen molar-refractivity contribution >= 4 is 11.8 Å². The molecule has 0 N–H and O–H groups in total. The van der Waals surface area contributed by atoms with Gasteiger partial charge in [-0.05, 0) is 25.0 Å². The molecular formula is C11H12N2O. The maximum atomic E-state index is 10.2. The summed E-state index contributed by atoms with van der Waals surface area (Å²) < 4.78 is 0. The van der Waals surface area contributed by atoms with Gasteiger partial charge in [0.1, 0.15) is 0 Å². The minimum atomic E-state index is 0.489. The summed E-state index contributed by atoms with van der Waals surface area (Å²) in [7, 11) is 0. The molecule has 1 fully saturated rings. The second-order valence-electron chi connectivity index (χ2n) is 3.59. The first-order chi connectivity index (χ1) is 6.92. The zero-order valence-corrected chi connectivity index (χ0v) is 7.94. The number of hydrogen-bond donors (Lipinski definition) is 0. The van der Waals surface area contributed by atoms with E-state index in [0.29, 0.717) is 11.6 Å². The molecule has 3 nitrogen and oxygen atoms in total. The van der Waals surface area contributed by atoms with E-state index >= 15 is 0 Å². The van der Waals surface area contributed by atoms with E-state index in [-0.39, 0.29) is 0 Å². The summed E-state index contributed by atoms with van der Waals surface area (Å²) in [6, 6.07) is 3.63. The van der Waals surface area contributed by atoms with Gasteiger partial charge >= 0.3 is 0 Å². The predicted molar refractivity (Wildman–Crippen MR) is 53.2 cm³/mol. The van der Waals surface area contributed by atoms with E-state index in [9.17, 15) is 4.79 Å². The number of carbonyl (C=O) groups excluding carboxylic acids is 1. The number of rotatable bonds is 2. The van der Waals surface area contributed by atoms with Crippen molar-refractivity contribution in [3.63, 3.8) is 0 Å². The highest BCUT2D eigenvalue weighted by Gasteiger charge is 2.20. The third-order valence-electron chi connectivity index (χ3n) is 2.72. The van der Waals surface area contributed by atoms with Gasteiger partial charge in [0.05, 0.1) is 11.4 Å². The number of aromatic nitrogens is 1. The van der Waals surface area contributed by atoms with Crippen LogP contribution in [0.4, 0.5) is 5.69 Å². The predicted octanol–water partition coefficient (Wildman–Crippen LogP) is 2.71.